The largest absolute Gasteiger partial charge is 0.472 e. The number of aromatic nitrogens is 2. The summed E-state index contributed by atoms with van der Waals surface area (Å²) in [5.41, 5.74) is 1.80. The molecule has 0 unspecified atom stereocenters. The highest BCUT2D eigenvalue weighted by Gasteiger charge is 2.31. The first kappa shape index (κ1) is 25.5. The van der Waals surface area contributed by atoms with Crippen LogP contribution in [-0.2, 0) is 29.7 Å². The number of benzene rings is 2. The number of carbonyl (C=O) groups excluding carboxylic acids is 1. The molecular formula is C24H25F3N2O4S. The van der Waals surface area contributed by atoms with Gasteiger partial charge in [-0.15, -0.1) is 0 Å². The maximum Gasteiger partial charge on any atom is 0.416 e. The van der Waals surface area contributed by atoms with E-state index in [0.717, 1.165) is 18.4 Å². The average molecular weight is 495 g/mol. The minimum atomic E-state index is -4.48. The van der Waals surface area contributed by atoms with E-state index in [4.69, 9.17) is 4.74 Å². The third-order valence-electron chi connectivity index (χ3n) is 5.67. The van der Waals surface area contributed by atoms with E-state index < -0.39 is 27.4 Å². The molecule has 0 N–H and O–H groups in total. The molecule has 0 saturated carbocycles. The summed E-state index contributed by atoms with van der Waals surface area (Å²) in [7, 11) is -1.92. The second-order valence-corrected chi connectivity index (χ2v) is 10.3. The lowest BCUT2D eigenvalue weighted by molar-refractivity contribution is -0.137. The molecule has 0 bridgehead atoms. The number of nitrogens with zero attached hydrogens (tertiary/aromatic N) is 2. The molecule has 0 spiro atoms. The van der Waals surface area contributed by atoms with Crippen LogP contribution in [-0.4, -0.2) is 30.2 Å². The zero-order valence-electron chi connectivity index (χ0n) is 19.7. The number of aryl methyl sites for hydroxylation is 3. The van der Waals surface area contributed by atoms with E-state index in [1.807, 2.05) is 0 Å². The lowest BCUT2D eigenvalue weighted by Crippen LogP contribution is -2.13. The van der Waals surface area contributed by atoms with Crippen LogP contribution in [0.3, 0.4) is 0 Å². The fourth-order valence-electron chi connectivity index (χ4n) is 4.05. The standard InChI is InChI=1S/C24H25F3N2O4S/c1-13-10-19(14(2)15(3)22(13)34(6,31)32)21(30)20-16(4)28-29(5)23(20)33-12-17-8-7-9-18(11-17)24(25,26)27/h7-11H,12H2,1-6H3. The molecule has 10 heteroatoms. The number of hydrogen-bond acceptors (Lipinski definition) is 5. The van der Waals surface area contributed by atoms with Crippen LogP contribution in [0.1, 0.15) is 49.4 Å². The summed E-state index contributed by atoms with van der Waals surface area (Å²) in [6.45, 7) is 6.38. The van der Waals surface area contributed by atoms with E-state index in [1.54, 1.807) is 34.7 Å². The zero-order valence-corrected chi connectivity index (χ0v) is 20.5. The van der Waals surface area contributed by atoms with Gasteiger partial charge in [0.15, 0.2) is 9.84 Å². The van der Waals surface area contributed by atoms with E-state index in [9.17, 15) is 26.4 Å². The van der Waals surface area contributed by atoms with Gasteiger partial charge in [-0.05, 0) is 68.1 Å². The Morgan fingerprint density at radius 2 is 1.74 bits per heavy atom. The monoisotopic (exact) mass is 494 g/mol. The number of ether oxygens (including phenoxy) is 1. The summed E-state index contributed by atoms with van der Waals surface area (Å²) in [5, 5.41) is 4.25. The van der Waals surface area contributed by atoms with Crippen LogP contribution in [0.4, 0.5) is 13.2 Å². The summed E-state index contributed by atoms with van der Waals surface area (Å²) >= 11 is 0. The van der Waals surface area contributed by atoms with Crippen LogP contribution in [0, 0.1) is 27.7 Å². The molecule has 0 aliphatic carbocycles. The fraction of sp³-hybridized carbons (Fsp3) is 0.333. The van der Waals surface area contributed by atoms with Crippen molar-refractivity contribution in [3.8, 4) is 5.88 Å². The Bertz CT molecular complexity index is 1390. The maximum atomic E-state index is 13.6. The van der Waals surface area contributed by atoms with Crippen molar-refractivity contribution in [2.24, 2.45) is 7.05 Å². The second kappa shape index (κ2) is 8.90. The SMILES string of the molecule is Cc1cc(C(=O)c2c(C)nn(C)c2OCc2cccc(C(F)(F)F)c2)c(C)c(C)c1S(C)(=O)=O. The Balaban J connectivity index is 2.02. The van der Waals surface area contributed by atoms with Crippen LogP contribution < -0.4 is 4.74 Å². The van der Waals surface area contributed by atoms with Crippen LogP contribution in [0.15, 0.2) is 35.2 Å². The topological polar surface area (TPSA) is 78.3 Å². The first-order chi connectivity index (χ1) is 15.6. The van der Waals surface area contributed by atoms with Gasteiger partial charge in [-0.2, -0.15) is 18.3 Å². The predicted molar refractivity (Wildman–Crippen MR) is 121 cm³/mol. The van der Waals surface area contributed by atoms with E-state index in [1.165, 1.54) is 22.9 Å². The minimum Gasteiger partial charge on any atom is -0.472 e. The van der Waals surface area contributed by atoms with Crippen molar-refractivity contribution >= 4 is 15.6 Å². The molecule has 0 saturated heterocycles. The molecular weight excluding hydrogens is 469 g/mol. The summed E-state index contributed by atoms with van der Waals surface area (Å²) in [6.07, 6.45) is -3.36. The van der Waals surface area contributed by atoms with Gasteiger partial charge in [-0.3, -0.25) is 4.79 Å². The van der Waals surface area contributed by atoms with Crippen molar-refractivity contribution in [3.63, 3.8) is 0 Å². The van der Waals surface area contributed by atoms with Crippen LogP contribution in [0.5, 0.6) is 5.88 Å². The molecule has 0 radical (unpaired) electrons. The van der Waals surface area contributed by atoms with Gasteiger partial charge in [0.1, 0.15) is 12.2 Å². The van der Waals surface area contributed by atoms with Crippen molar-refractivity contribution in [2.75, 3.05) is 6.26 Å². The lowest BCUT2D eigenvalue weighted by atomic mass is 9.94. The number of alkyl halides is 3. The summed E-state index contributed by atoms with van der Waals surface area (Å²) in [6, 6.07) is 6.29. The first-order valence-corrected chi connectivity index (χ1v) is 12.2. The summed E-state index contributed by atoms with van der Waals surface area (Å²) in [4.78, 5) is 13.7. The van der Waals surface area contributed by atoms with Crippen LogP contribution >= 0.6 is 0 Å². The number of ketones is 1. The lowest BCUT2D eigenvalue weighted by Gasteiger charge is -2.16. The molecule has 182 valence electrons. The Hall–Kier alpha value is -3.14. The number of hydrogen-bond donors (Lipinski definition) is 0. The molecule has 0 amide bonds. The van der Waals surface area contributed by atoms with E-state index in [-0.39, 0.29) is 28.5 Å². The Kier molecular flexibility index (Phi) is 6.67. The molecule has 3 aromatic rings. The number of rotatable bonds is 6. The van der Waals surface area contributed by atoms with E-state index in [2.05, 4.69) is 5.10 Å². The molecule has 0 aliphatic rings. The number of sulfone groups is 1. The molecule has 2 aromatic carbocycles. The highest BCUT2D eigenvalue weighted by Crippen LogP contribution is 2.32. The average Bonchev–Trinajstić information content (AvgIpc) is 3.00. The first-order valence-electron chi connectivity index (χ1n) is 10.3. The van der Waals surface area contributed by atoms with Gasteiger partial charge in [-0.25, -0.2) is 13.1 Å². The van der Waals surface area contributed by atoms with Crippen molar-refractivity contribution in [1.29, 1.82) is 0 Å². The number of halogens is 3. The molecule has 6 nitrogen and oxygen atoms in total. The second-order valence-electron chi connectivity index (χ2n) is 8.30. The highest BCUT2D eigenvalue weighted by molar-refractivity contribution is 7.90. The molecule has 0 fully saturated rings. The molecule has 1 aromatic heterocycles. The van der Waals surface area contributed by atoms with Gasteiger partial charge in [0.25, 0.3) is 0 Å². The van der Waals surface area contributed by atoms with Crippen molar-refractivity contribution in [3.05, 3.63) is 75.0 Å². The van der Waals surface area contributed by atoms with Crippen molar-refractivity contribution < 1.29 is 31.1 Å². The van der Waals surface area contributed by atoms with Gasteiger partial charge in [0, 0.05) is 18.9 Å². The van der Waals surface area contributed by atoms with E-state index >= 15 is 0 Å². The smallest absolute Gasteiger partial charge is 0.416 e. The Labute approximate surface area is 196 Å². The van der Waals surface area contributed by atoms with Gasteiger partial charge in [0.2, 0.25) is 11.7 Å². The molecule has 34 heavy (non-hydrogen) atoms. The van der Waals surface area contributed by atoms with Gasteiger partial charge in [-0.1, -0.05) is 12.1 Å². The zero-order chi connectivity index (χ0) is 25.6. The van der Waals surface area contributed by atoms with Crippen molar-refractivity contribution in [1.82, 2.24) is 9.78 Å². The molecule has 3 rings (SSSR count). The summed E-state index contributed by atoms with van der Waals surface area (Å²) < 4.78 is 70.6. The third-order valence-corrected chi connectivity index (χ3v) is 7.04. The highest BCUT2D eigenvalue weighted by atomic mass is 32.2. The van der Waals surface area contributed by atoms with Crippen LogP contribution in [0.25, 0.3) is 0 Å². The predicted octanol–water partition coefficient (Wildman–Crippen LogP) is 4.89. The molecule has 1 heterocycles. The molecule has 0 atom stereocenters. The minimum absolute atomic E-state index is 0.113. The fourth-order valence-corrected chi connectivity index (χ4v) is 5.41. The number of carbonyl (C=O) groups is 1. The van der Waals surface area contributed by atoms with Gasteiger partial charge < -0.3 is 4.74 Å². The quantitative estimate of drug-likeness (QED) is 0.456. The Morgan fingerprint density at radius 1 is 1.09 bits per heavy atom. The van der Waals surface area contributed by atoms with E-state index in [0.29, 0.717) is 27.9 Å². The van der Waals surface area contributed by atoms with Gasteiger partial charge in [0.05, 0.1) is 16.2 Å². The summed E-state index contributed by atoms with van der Waals surface area (Å²) in [5.74, 6) is -0.296. The normalized spacial score (nSPS) is 12.1. The van der Waals surface area contributed by atoms with Crippen LogP contribution in [0.2, 0.25) is 0 Å². The van der Waals surface area contributed by atoms with Crippen molar-refractivity contribution in [2.45, 2.75) is 45.4 Å². The maximum absolute atomic E-state index is 13.6. The molecule has 0 aliphatic heterocycles. The third kappa shape index (κ3) is 4.86. The Morgan fingerprint density at radius 3 is 2.32 bits per heavy atom. The van der Waals surface area contributed by atoms with Gasteiger partial charge >= 0.3 is 6.18 Å².